The molecular weight excluding hydrogens is 444 g/mol. The van der Waals surface area contributed by atoms with Crippen LogP contribution in [0.1, 0.15) is 25.0 Å². The van der Waals surface area contributed by atoms with Crippen LogP contribution >= 0.6 is 0 Å². The molecule has 0 saturated heterocycles. The van der Waals surface area contributed by atoms with E-state index in [1.807, 2.05) is 55.5 Å². The van der Waals surface area contributed by atoms with Crippen LogP contribution in [0.2, 0.25) is 0 Å². The van der Waals surface area contributed by atoms with E-state index in [9.17, 15) is 9.90 Å². The number of methoxy groups -OCH3 is 2. The number of carbonyl (C=O) groups is 1. The Hall–Kier alpha value is -3.77. The molecule has 1 atom stereocenters. The third-order valence-electron chi connectivity index (χ3n) is 5.69. The van der Waals surface area contributed by atoms with Crippen molar-refractivity contribution >= 4 is 11.5 Å². The van der Waals surface area contributed by atoms with Gasteiger partial charge in [0.15, 0.2) is 6.10 Å². The van der Waals surface area contributed by atoms with E-state index < -0.39 is 12.1 Å². The van der Waals surface area contributed by atoms with Crippen molar-refractivity contribution in [2.45, 2.75) is 26.4 Å². The van der Waals surface area contributed by atoms with Crippen LogP contribution in [0, 0.1) is 0 Å². The SMILES string of the molecule is CCO[C@@H](Cc1ccc(OC/C=C(/C)c2ccc(-c3cc(OC)ccc3OC)cc2)cc1)C(=O)O. The fourth-order valence-electron chi connectivity index (χ4n) is 3.69. The summed E-state index contributed by atoms with van der Waals surface area (Å²) in [5.41, 5.74) is 5.11. The molecule has 0 aliphatic rings. The van der Waals surface area contributed by atoms with Gasteiger partial charge < -0.3 is 24.1 Å². The van der Waals surface area contributed by atoms with E-state index in [-0.39, 0.29) is 0 Å². The lowest BCUT2D eigenvalue weighted by Crippen LogP contribution is -2.26. The van der Waals surface area contributed by atoms with E-state index >= 15 is 0 Å². The number of ether oxygens (including phenoxy) is 4. The molecule has 0 fully saturated rings. The van der Waals surface area contributed by atoms with Crippen LogP contribution in [0.5, 0.6) is 17.2 Å². The van der Waals surface area contributed by atoms with Crippen molar-refractivity contribution in [1.29, 1.82) is 0 Å². The lowest BCUT2D eigenvalue weighted by molar-refractivity contribution is -0.149. The van der Waals surface area contributed by atoms with Gasteiger partial charge in [-0.25, -0.2) is 4.79 Å². The average Bonchev–Trinajstić information content (AvgIpc) is 2.89. The van der Waals surface area contributed by atoms with Crippen LogP contribution in [0.15, 0.2) is 72.8 Å². The van der Waals surface area contributed by atoms with Crippen molar-refractivity contribution in [3.63, 3.8) is 0 Å². The molecular formula is C29H32O6. The van der Waals surface area contributed by atoms with Crippen molar-refractivity contribution in [2.24, 2.45) is 0 Å². The number of hydrogen-bond acceptors (Lipinski definition) is 5. The summed E-state index contributed by atoms with van der Waals surface area (Å²) in [5, 5.41) is 9.23. The average molecular weight is 477 g/mol. The highest BCUT2D eigenvalue weighted by molar-refractivity contribution is 5.74. The van der Waals surface area contributed by atoms with E-state index in [1.165, 1.54) is 0 Å². The third-order valence-corrected chi connectivity index (χ3v) is 5.69. The highest BCUT2D eigenvalue weighted by Crippen LogP contribution is 2.34. The number of rotatable bonds is 12. The first-order chi connectivity index (χ1) is 16.9. The molecule has 3 aromatic rings. The van der Waals surface area contributed by atoms with Crippen LogP contribution < -0.4 is 14.2 Å². The molecule has 0 radical (unpaired) electrons. The zero-order valence-corrected chi connectivity index (χ0v) is 20.6. The maximum absolute atomic E-state index is 11.3. The van der Waals surface area contributed by atoms with Crippen molar-refractivity contribution < 1.29 is 28.8 Å². The highest BCUT2D eigenvalue weighted by atomic mass is 16.5. The van der Waals surface area contributed by atoms with Gasteiger partial charge in [-0.2, -0.15) is 0 Å². The van der Waals surface area contributed by atoms with Crippen molar-refractivity contribution in [3.05, 3.63) is 83.9 Å². The summed E-state index contributed by atoms with van der Waals surface area (Å²) in [5.74, 6) is 1.34. The van der Waals surface area contributed by atoms with Gasteiger partial charge in [0.2, 0.25) is 0 Å². The minimum Gasteiger partial charge on any atom is -0.497 e. The fourth-order valence-corrected chi connectivity index (χ4v) is 3.69. The lowest BCUT2D eigenvalue weighted by atomic mass is 10.00. The molecule has 0 heterocycles. The zero-order valence-electron chi connectivity index (χ0n) is 20.6. The molecule has 3 aromatic carbocycles. The number of carboxylic acids is 1. The molecule has 3 rings (SSSR count). The van der Waals surface area contributed by atoms with Crippen LogP contribution in [0.25, 0.3) is 16.7 Å². The smallest absolute Gasteiger partial charge is 0.333 e. The quantitative estimate of drug-likeness (QED) is 0.352. The predicted molar refractivity (Wildman–Crippen MR) is 137 cm³/mol. The highest BCUT2D eigenvalue weighted by Gasteiger charge is 2.17. The second-order valence-electron chi connectivity index (χ2n) is 7.97. The first-order valence-electron chi connectivity index (χ1n) is 11.5. The van der Waals surface area contributed by atoms with E-state index in [2.05, 4.69) is 24.3 Å². The van der Waals surface area contributed by atoms with Gasteiger partial charge in [-0.05, 0) is 72.5 Å². The van der Waals surface area contributed by atoms with Crippen molar-refractivity contribution in [2.75, 3.05) is 27.4 Å². The van der Waals surface area contributed by atoms with E-state index in [4.69, 9.17) is 18.9 Å². The van der Waals surface area contributed by atoms with Gasteiger partial charge in [-0.1, -0.05) is 36.4 Å². The molecule has 0 aliphatic carbocycles. The third kappa shape index (κ3) is 7.11. The van der Waals surface area contributed by atoms with Crippen LogP contribution in [-0.2, 0) is 16.0 Å². The van der Waals surface area contributed by atoms with Gasteiger partial charge in [0.25, 0.3) is 0 Å². The van der Waals surface area contributed by atoms with Gasteiger partial charge in [-0.3, -0.25) is 0 Å². The summed E-state index contributed by atoms with van der Waals surface area (Å²) in [6, 6.07) is 21.5. The number of benzene rings is 3. The van der Waals surface area contributed by atoms with E-state index in [0.717, 1.165) is 45.1 Å². The van der Waals surface area contributed by atoms with E-state index in [1.54, 1.807) is 21.1 Å². The molecule has 0 aromatic heterocycles. The van der Waals surface area contributed by atoms with Crippen LogP contribution in [0.4, 0.5) is 0 Å². The second kappa shape index (κ2) is 12.6. The Morgan fingerprint density at radius 1 is 0.943 bits per heavy atom. The van der Waals surface area contributed by atoms with Crippen molar-refractivity contribution in [3.8, 4) is 28.4 Å². The second-order valence-corrected chi connectivity index (χ2v) is 7.97. The molecule has 184 valence electrons. The first kappa shape index (κ1) is 25.8. The molecule has 35 heavy (non-hydrogen) atoms. The Kier molecular flexibility index (Phi) is 9.32. The number of carboxylic acid groups (broad SMARTS) is 1. The Labute approximate surface area is 206 Å². The molecule has 6 nitrogen and oxygen atoms in total. The van der Waals surface area contributed by atoms with Gasteiger partial charge >= 0.3 is 5.97 Å². The normalized spacial score (nSPS) is 12.2. The summed E-state index contributed by atoms with van der Waals surface area (Å²) in [6.45, 7) is 4.62. The summed E-state index contributed by atoms with van der Waals surface area (Å²) in [4.78, 5) is 11.3. The maximum Gasteiger partial charge on any atom is 0.333 e. The molecule has 0 unspecified atom stereocenters. The van der Waals surface area contributed by atoms with E-state index in [0.29, 0.717) is 19.6 Å². The fraction of sp³-hybridized carbons (Fsp3) is 0.276. The van der Waals surface area contributed by atoms with Gasteiger partial charge in [0.05, 0.1) is 14.2 Å². The summed E-state index contributed by atoms with van der Waals surface area (Å²) < 4.78 is 22.0. The Balaban J connectivity index is 1.60. The minimum absolute atomic E-state index is 0.320. The molecule has 6 heteroatoms. The molecule has 1 N–H and O–H groups in total. The Morgan fingerprint density at radius 3 is 2.23 bits per heavy atom. The first-order valence-corrected chi connectivity index (χ1v) is 11.5. The summed E-state index contributed by atoms with van der Waals surface area (Å²) in [7, 11) is 3.31. The zero-order chi connectivity index (χ0) is 25.2. The summed E-state index contributed by atoms with van der Waals surface area (Å²) in [6.07, 6.45) is 1.51. The molecule has 0 saturated carbocycles. The number of allylic oxidation sites excluding steroid dienone is 1. The van der Waals surface area contributed by atoms with Crippen LogP contribution in [-0.4, -0.2) is 44.6 Å². The van der Waals surface area contributed by atoms with Crippen molar-refractivity contribution in [1.82, 2.24) is 0 Å². The summed E-state index contributed by atoms with van der Waals surface area (Å²) >= 11 is 0. The topological polar surface area (TPSA) is 74.2 Å². The molecule has 0 spiro atoms. The van der Waals surface area contributed by atoms with Gasteiger partial charge in [0.1, 0.15) is 23.9 Å². The van der Waals surface area contributed by atoms with Crippen LogP contribution in [0.3, 0.4) is 0 Å². The maximum atomic E-state index is 11.3. The predicted octanol–water partition coefficient (Wildman–Crippen LogP) is 5.89. The minimum atomic E-state index is -0.955. The molecule has 0 amide bonds. The molecule has 0 aliphatic heterocycles. The Bertz CT molecular complexity index is 1130. The monoisotopic (exact) mass is 476 g/mol. The van der Waals surface area contributed by atoms with Gasteiger partial charge in [-0.15, -0.1) is 0 Å². The number of aliphatic carboxylic acids is 1. The van der Waals surface area contributed by atoms with Gasteiger partial charge in [0, 0.05) is 18.6 Å². The largest absolute Gasteiger partial charge is 0.497 e. The number of hydrogen-bond donors (Lipinski definition) is 1. The standard InChI is InChI=1S/C29H32O6/c1-5-34-28(29(30)31)18-21-6-12-24(13-7-21)35-17-16-20(2)22-8-10-23(11-9-22)26-19-25(32-3)14-15-27(26)33-4/h6-16,19,28H,5,17-18H2,1-4H3,(H,30,31)/b20-16-/t28-/m0/s1. The Morgan fingerprint density at radius 2 is 1.63 bits per heavy atom. The molecule has 0 bridgehead atoms. The lowest BCUT2D eigenvalue weighted by Gasteiger charge is -2.13.